The summed E-state index contributed by atoms with van der Waals surface area (Å²) in [5, 5.41) is 0. The second kappa shape index (κ2) is 4.26. The number of nitrogens with zero attached hydrogens (tertiary/aromatic N) is 1. The summed E-state index contributed by atoms with van der Waals surface area (Å²) in [6.07, 6.45) is 0. The minimum atomic E-state index is 0.182. The molecule has 2 atom stereocenters. The molecule has 2 unspecified atom stereocenters. The fourth-order valence-electron chi connectivity index (χ4n) is 1.88. The molecule has 15 heavy (non-hydrogen) atoms. The van der Waals surface area contributed by atoms with E-state index in [1.54, 1.807) is 0 Å². The SMILES string of the molecule is CC1CN(C(=O)c2ccc(Br)s2)CC1C. The summed E-state index contributed by atoms with van der Waals surface area (Å²) in [7, 11) is 0. The van der Waals surface area contributed by atoms with Crippen LogP contribution in [0.2, 0.25) is 0 Å². The third-order valence-corrected chi connectivity index (χ3v) is 4.67. The first kappa shape index (κ1) is 11.1. The van der Waals surface area contributed by atoms with Crippen LogP contribution in [-0.2, 0) is 0 Å². The third kappa shape index (κ3) is 2.26. The zero-order chi connectivity index (χ0) is 11.0. The number of rotatable bonds is 1. The summed E-state index contributed by atoms with van der Waals surface area (Å²) in [6, 6.07) is 3.82. The molecule has 1 fully saturated rings. The van der Waals surface area contributed by atoms with Crippen molar-refractivity contribution in [1.29, 1.82) is 0 Å². The van der Waals surface area contributed by atoms with E-state index >= 15 is 0 Å². The van der Waals surface area contributed by atoms with Crippen LogP contribution in [0.25, 0.3) is 0 Å². The number of thiophene rings is 1. The maximum absolute atomic E-state index is 12.1. The van der Waals surface area contributed by atoms with Crippen LogP contribution in [0.1, 0.15) is 23.5 Å². The Labute approximate surface area is 102 Å². The molecule has 0 aromatic carbocycles. The van der Waals surface area contributed by atoms with E-state index in [1.165, 1.54) is 11.3 Å². The fraction of sp³-hybridized carbons (Fsp3) is 0.545. The Bertz CT molecular complexity index is 366. The number of halogens is 1. The molecule has 2 heterocycles. The van der Waals surface area contributed by atoms with Crippen LogP contribution in [0.15, 0.2) is 15.9 Å². The predicted molar refractivity (Wildman–Crippen MR) is 66.3 cm³/mol. The number of hydrogen-bond acceptors (Lipinski definition) is 2. The van der Waals surface area contributed by atoms with Crippen molar-refractivity contribution in [2.45, 2.75) is 13.8 Å². The Hall–Kier alpha value is -0.350. The summed E-state index contributed by atoms with van der Waals surface area (Å²) in [6.45, 7) is 6.22. The van der Waals surface area contributed by atoms with Gasteiger partial charge >= 0.3 is 0 Å². The fourth-order valence-corrected chi connectivity index (χ4v) is 3.23. The predicted octanol–water partition coefficient (Wildman–Crippen LogP) is 3.24. The molecule has 0 N–H and O–H groups in total. The summed E-state index contributed by atoms with van der Waals surface area (Å²) < 4.78 is 1.02. The highest BCUT2D eigenvalue weighted by Gasteiger charge is 2.30. The molecular formula is C11H14BrNOS. The Balaban J connectivity index is 2.10. The van der Waals surface area contributed by atoms with Crippen molar-refractivity contribution in [3.05, 3.63) is 20.8 Å². The lowest BCUT2D eigenvalue weighted by Gasteiger charge is -2.14. The number of carbonyl (C=O) groups is 1. The number of hydrogen-bond donors (Lipinski definition) is 0. The quantitative estimate of drug-likeness (QED) is 0.777. The van der Waals surface area contributed by atoms with Crippen LogP contribution in [-0.4, -0.2) is 23.9 Å². The molecule has 2 nitrogen and oxygen atoms in total. The lowest BCUT2D eigenvalue weighted by atomic mass is 10.0. The van der Waals surface area contributed by atoms with Crippen molar-refractivity contribution >= 4 is 33.2 Å². The Morgan fingerprint density at radius 3 is 2.47 bits per heavy atom. The van der Waals surface area contributed by atoms with Gasteiger partial charge in [0.25, 0.3) is 5.91 Å². The van der Waals surface area contributed by atoms with Crippen molar-refractivity contribution in [3.8, 4) is 0 Å². The van der Waals surface area contributed by atoms with Gasteiger partial charge in [0.05, 0.1) is 8.66 Å². The first-order valence-corrected chi connectivity index (χ1v) is 6.73. The third-order valence-electron chi connectivity index (χ3n) is 3.06. The lowest BCUT2D eigenvalue weighted by molar-refractivity contribution is 0.0790. The van der Waals surface area contributed by atoms with Gasteiger partial charge in [-0.3, -0.25) is 4.79 Å². The van der Waals surface area contributed by atoms with Crippen LogP contribution in [0, 0.1) is 11.8 Å². The monoisotopic (exact) mass is 287 g/mol. The van der Waals surface area contributed by atoms with Crippen LogP contribution >= 0.6 is 27.3 Å². The van der Waals surface area contributed by atoms with E-state index in [0.717, 1.165) is 21.8 Å². The summed E-state index contributed by atoms with van der Waals surface area (Å²) >= 11 is 4.89. The molecule has 1 saturated heterocycles. The largest absolute Gasteiger partial charge is 0.337 e. The van der Waals surface area contributed by atoms with Crippen LogP contribution in [0.5, 0.6) is 0 Å². The first-order valence-electron chi connectivity index (χ1n) is 5.12. The average molecular weight is 288 g/mol. The molecule has 1 aromatic heterocycles. The van der Waals surface area contributed by atoms with E-state index in [-0.39, 0.29) is 5.91 Å². The van der Waals surface area contributed by atoms with E-state index in [0.29, 0.717) is 11.8 Å². The minimum Gasteiger partial charge on any atom is -0.337 e. The highest BCUT2D eigenvalue weighted by atomic mass is 79.9. The van der Waals surface area contributed by atoms with E-state index in [2.05, 4.69) is 29.8 Å². The van der Waals surface area contributed by atoms with Gasteiger partial charge in [-0.2, -0.15) is 0 Å². The molecule has 1 aromatic rings. The summed E-state index contributed by atoms with van der Waals surface area (Å²) in [5.74, 6) is 1.43. The molecule has 4 heteroatoms. The Morgan fingerprint density at radius 2 is 2.00 bits per heavy atom. The van der Waals surface area contributed by atoms with Gasteiger partial charge in [-0.05, 0) is 39.9 Å². The molecule has 0 radical (unpaired) electrons. The van der Waals surface area contributed by atoms with Crippen LogP contribution in [0.4, 0.5) is 0 Å². The second-order valence-corrected chi connectivity index (χ2v) is 6.73. The van der Waals surface area contributed by atoms with Gasteiger partial charge in [-0.25, -0.2) is 0 Å². The van der Waals surface area contributed by atoms with Gasteiger partial charge in [0.15, 0.2) is 0 Å². The van der Waals surface area contributed by atoms with Crippen molar-refractivity contribution < 1.29 is 4.79 Å². The number of amides is 1. The maximum Gasteiger partial charge on any atom is 0.263 e. The van der Waals surface area contributed by atoms with Crippen molar-refractivity contribution in [2.24, 2.45) is 11.8 Å². The van der Waals surface area contributed by atoms with Crippen molar-refractivity contribution in [2.75, 3.05) is 13.1 Å². The molecule has 0 saturated carbocycles. The second-order valence-electron chi connectivity index (χ2n) is 4.27. The maximum atomic E-state index is 12.1. The first-order chi connectivity index (χ1) is 7.08. The van der Waals surface area contributed by atoms with Gasteiger partial charge in [0.1, 0.15) is 0 Å². The zero-order valence-corrected chi connectivity index (χ0v) is 11.3. The lowest BCUT2D eigenvalue weighted by Crippen LogP contribution is -2.28. The van der Waals surface area contributed by atoms with Crippen molar-refractivity contribution in [1.82, 2.24) is 4.90 Å². The molecular weight excluding hydrogens is 274 g/mol. The van der Waals surface area contributed by atoms with Gasteiger partial charge in [-0.15, -0.1) is 11.3 Å². The summed E-state index contributed by atoms with van der Waals surface area (Å²) in [4.78, 5) is 14.9. The average Bonchev–Trinajstić information content (AvgIpc) is 2.74. The van der Waals surface area contributed by atoms with Crippen molar-refractivity contribution in [3.63, 3.8) is 0 Å². The van der Waals surface area contributed by atoms with E-state index in [4.69, 9.17) is 0 Å². The summed E-state index contributed by atoms with van der Waals surface area (Å²) in [5.41, 5.74) is 0. The highest BCUT2D eigenvalue weighted by Crippen LogP contribution is 2.27. The number of carbonyl (C=O) groups excluding carboxylic acids is 1. The molecule has 1 aliphatic rings. The van der Waals surface area contributed by atoms with E-state index in [1.807, 2.05) is 17.0 Å². The highest BCUT2D eigenvalue weighted by molar-refractivity contribution is 9.11. The molecule has 1 aliphatic heterocycles. The van der Waals surface area contributed by atoms with E-state index < -0.39 is 0 Å². The van der Waals surface area contributed by atoms with Gasteiger partial charge < -0.3 is 4.90 Å². The van der Waals surface area contributed by atoms with E-state index in [9.17, 15) is 4.79 Å². The number of likely N-dealkylation sites (tertiary alicyclic amines) is 1. The van der Waals surface area contributed by atoms with Crippen LogP contribution in [0.3, 0.4) is 0 Å². The molecule has 82 valence electrons. The van der Waals surface area contributed by atoms with Gasteiger partial charge in [0.2, 0.25) is 0 Å². The molecule has 2 rings (SSSR count). The molecule has 0 spiro atoms. The standard InChI is InChI=1S/C11H14BrNOS/c1-7-5-13(6-8(7)2)11(14)9-3-4-10(12)15-9/h3-4,7-8H,5-6H2,1-2H3. The molecule has 1 amide bonds. The smallest absolute Gasteiger partial charge is 0.263 e. The zero-order valence-electron chi connectivity index (χ0n) is 8.87. The van der Waals surface area contributed by atoms with Gasteiger partial charge in [0, 0.05) is 13.1 Å². The topological polar surface area (TPSA) is 20.3 Å². The van der Waals surface area contributed by atoms with Gasteiger partial charge in [-0.1, -0.05) is 13.8 Å². The Kier molecular flexibility index (Phi) is 3.16. The molecule has 0 bridgehead atoms. The minimum absolute atomic E-state index is 0.182. The Morgan fingerprint density at radius 1 is 1.40 bits per heavy atom. The normalized spacial score (nSPS) is 25.9. The molecule has 0 aliphatic carbocycles. The van der Waals surface area contributed by atoms with Crippen LogP contribution < -0.4 is 0 Å².